The molecular formula is C16H23BrN2O2. The fourth-order valence-electron chi connectivity index (χ4n) is 1.65. The molecule has 0 atom stereocenters. The van der Waals surface area contributed by atoms with E-state index in [-0.39, 0.29) is 17.2 Å². The summed E-state index contributed by atoms with van der Waals surface area (Å²) in [4.78, 5) is 23.3. The second kappa shape index (κ2) is 8.17. The van der Waals surface area contributed by atoms with Gasteiger partial charge in [-0.25, -0.2) is 0 Å². The van der Waals surface area contributed by atoms with Crippen LogP contribution < -0.4 is 10.6 Å². The largest absolute Gasteiger partial charge is 0.356 e. The van der Waals surface area contributed by atoms with E-state index in [0.717, 1.165) is 10.0 Å². The minimum absolute atomic E-state index is 0.0000156. The van der Waals surface area contributed by atoms with Crippen molar-refractivity contribution < 1.29 is 9.59 Å². The zero-order valence-corrected chi connectivity index (χ0v) is 14.4. The van der Waals surface area contributed by atoms with Crippen LogP contribution in [0.1, 0.15) is 39.2 Å². The summed E-state index contributed by atoms with van der Waals surface area (Å²) in [5.74, 6) is 0.0111. The Morgan fingerprint density at radius 1 is 1.19 bits per heavy atom. The van der Waals surface area contributed by atoms with Gasteiger partial charge in [-0.3, -0.25) is 9.59 Å². The summed E-state index contributed by atoms with van der Waals surface area (Å²) < 4.78 is 0.999. The van der Waals surface area contributed by atoms with E-state index < -0.39 is 0 Å². The van der Waals surface area contributed by atoms with Gasteiger partial charge in [-0.1, -0.05) is 48.8 Å². The Morgan fingerprint density at radius 2 is 1.90 bits per heavy atom. The molecule has 0 unspecified atom stereocenters. The van der Waals surface area contributed by atoms with Crippen molar-refractivity contribution in [2.45, 2.75) is 40.2 Å². The Kier molecular flexibility index (Phi) is 6.89. The molecule has 1 rings (SSSR count). The summed E-state index contributed by atoms with van der Waals surface area (Å²) in [7, 11) is 0. The lowest BCUT2D eigenvalue weighted by molar-refractivity contribution is -0.128. The van der Waals surface area contributed by atoms with E-state index >= 15 is 0 Å². The lowest BCUT2D eigenvalue weighted by Crippen LogP contribution is -2.35. The van der Waals surface area contributed by atoms with Crippen LogP contribution in [0, 0.1) is 5.41 Å². The second-order valence-corrected chi connectivity index (χ2v) is 6.93. The van der Waals surface area contributed by atoms with Crippen LogP contribution in [-0.2, 0) is 16.1 Å². The topological polar surface area (TPSA) is 58.2 Å². The van der Waals surface area contributed by atoms with E-state index in [2.05, 4.69) is 26.6 Å². The van der Waals surface area contributed by atoms with Crippen molar-refractivity contribution in [3.63, 3.8) is 0 Å². The van der Waals surface area contributed by atoms with Crippen LogP contribution in [0.25, 0.3) is 0 Å². The van der Waals surface area contributed by atoms with Gasteiger partial charge in [-0.05, 0) is 24.1 Å². The Balaban J connectivity index is 2.19. The van der Waals surface area contributed by atoms with Crippen LogP contribution in [0.3, 0.4) is 0 Å². The van der Waals surface area contributed by atoms with Crippen molar-refractivity contribution in [2.75, 3.05) is 6.54 Å². The Morgan fingerprint density at radius 3 is 2.52 bits per heavy atom. The summed E-state index contributed by atoms with van der Waals surface area (Å²) in [6, 6.07) is 7.83. The van der Waals surface area contributed by atoms with E-state index in [1.807, 2.05) is 45.0 Å². The molecule has 0 aliphatic rings. The number of carbonyl (C=O) groups excluding carboxylic acids is 2. The molecular weight excluding hydrogens is 332 g/mol. The maximum atomic E-state index is 11.7. The van der Waals surface area contributed by atoms with E-state index in [0.29, 0.717) is 25.9 Å². The zero-order chi connectivity index (χ0) is 15.9. The molecule has 116 valence electrons. The van der Waals surface area contributed by atoms with Gasteiger partial charge in [0.2, 0.25) is 11.8 Å². The molecule has 1 aromatic rings. The van der Waals surface area contributed by atoms with Gasteiger partial charge in [0.05, 0.1) is 0 Å². The van der Waals surface area contributed by atoms with Crippen LogP contribution in [0.15, 0.2) is 28.7 Å². The van der Waals surface area contributed by atoms with Gasteiger partial charge in [0.25, 0.3) is 0 Å². The van der Waals surface area contributed by atoms with Gasteiger partial charge in [0, 0.05) is 29.4 Å². The molecule has 2 amide bonds. The summed E-state index contributed by atoms with van der Waals surface area (Å²) in [6.45, 7) is 6.65. The molecule has 0 fully saturated rings. The monoisotopic (exact) mass is 354 g/mol. The van der Waals surface area contributed by atoms with Crippen molar-refractivity contribution in [3.05, 3.63) is 34.3 Å². The molecule has 0 spiro atoms. The Bertz CT molecular complexity index is 495. The molecule has 0 bridgehead atoms. The van der Waals surface area contributed by atoms with Gasteiger partial charge in [-0.15, -0.1) is 0 Å². The third-order valence-electron chi connectivity index (χ3n) is 2.93. The lowest BCUT2D eigenvalue weighted by Gasteiger charge is -2.17. The van der Waals surface area contributed by atoms with Crippen LogP contribution >= 0.6 is 15.9 Å². The lowest BCUT2D eigenvalue weighted by atomic mass is 9.96. The smallest absolute Gasteiger partial charge is 0.225 e. The third kappa shape index (κ3) is 7.27. The second-order valence-electron chi connectivity index (χ2n) is 6.02. The highest BCUT2D eigenvalue weighted by molar-refractivity contribution is 9.10. The zero-order valence-electron chi connectivity index (χ0n) is 12.8. The molecule has 0 saturated heterocycles. The number of carbonyl (C=O) groups is 2. The Hall–Kier alpha value is -1.36. The molecule has 0 heterocycles. The van der Waals surface area contributed by atoms with Crippen molar-refractivity contribution in [3.8, 4) is 0 Å². The quantitative estimate of drug-likeness (QED) is 0.771. The summed E-state index contributed by atoms with van der Waals surface area (Å²) >= 11 is 3.40. The summed E-state index contributed by atoms with van der Waals surface area (Å²) in [5, 5.41) is 5.71. The van der Waals surface area contributed by atoms with E-state index in [1.54, 1.807) is 0 Å². The van der Waals surface area contributed by atoms with Crippen molar-refractivity contribution in [1.82, 2.24) is 10.6 Å². The number of benzene rings is 1. The molecule has 0 aromatic heterocycles. The van der Waals surface area contributed by atoms with Crippen LogP contribution in [-0.4, -0.2) is 18.4 Å². The molecule has 0 aliphatic heterocycles. The highest BCUT2D eigenvalue weighted by Crippen LogP contribution is 2.12. The van der Waals surface area contributed by atoms with Crippen molar-refractivity contribution >= 4 is 27.7 Å². The number of hydrogen-bond donors (Lipinski definition) is 2. The van der Waals surface area contributed by atoms with Crippen LogP contribution in [0.4, 0.5) is 0 Å². The minimum atomic E-state index is -0.386. The highest BCUT2D eigenvalue weighted by Gasteiger charge is 2.20. The van der Waals surface area contributed by atoms with Gasteiger partial charge in [0.15, 0.2) is 0 Å². The molecule has 0 saturated carbocycles. The third-order valence-corrected chi connectivity index (χ3v) is 3.42. The Labute approximate surface area is 134 Å². The van der Waals surface area contributed by atoms with E-state index in [9.17, 15) is 9.59 Å². The fourth-order valence-corrected chi connectivity index (χ4v) is 2.10. The molecule has 4 nitrogen and oxygen atoms in total. The predicted octanol–water partition coefficient (Wildman–Crippen LogP) is 3.01. The first kappa shape index (κ1) is 17.7. The first-order valence-corrected chi connectivity index (χ1v) is 7.88. The normalized spacial score (nSPS) is 11.0. The maximum absolute atomic E-state index is 11.7. The highest BCUT2D eigenvalue weighted by atomic mass is 79.9. The molecule has 0 radical (unpaired) electrons. The molecule has 1 aromatic carbocycles. The molecule has 2 N–H and O–H groups in total. The predicted molar refractivity (Wildman–Crippen MR) is 87.7 cm³/mol. The SMILES string of the molecule is CC(C)(C)C(=O)NCCCC(=O)NCc1cccc(Br)c1. The fraction of sp³-hybridized carbons (Fsp3) is 0.500. The summed E-state index contributed by atoms with van der Waals surface area (Å²) in [5.41, 5.74) is 0.668. The van der Waals surface area contributed by atoms with Crippen molar-refractivity contribution in [1.29, 1.82) is 0 Å². The number of halogens is 1. The molecule has 5 heteroatoms. The average Bonchev–Trinajstić information content (AvgIpc) is 2.40. The van der Waals surface area contributed by atoms with Gasteiger partial charge in [0.1, 0.15) is 0 Å². The molecule has 21 heavy (non-hydrogen) atoms. The maximum Gasteiger partial charge on any atom is 0.225 e. The van der Waals surface area contributed by atoms with Crippen LogP contribution in [0.2, 0.25) is 0 Å². The first-order chi connectivity index (χ1) is 9.79. The molecule has 0 aliphatic carbocycles. The number of rotatable bonds is 6. The number of hydrogen-bond acceptors (Lipinski definition) is 2. The number of nitrogens with one attached hydrogen (secondary N) is 2. The van der Waals surface area contributed by atoms with Crippen LogP contribution in [0.5, 0.6) is 0 Å². The van der Waals surface area contributed by atoms with Gasteiger partial charge in [-0.2, -0.15) is 0 Å². The van der Waals surface area contributed by atoms with E-state index in [1.165, 1.54) is 0 Å². The first-order valence-electron chi connectivity index (χ1n) is 7.08. The summed E-state index contributed by atoms with van der Waals surface area (Å²) in [6.07, 6.45) is 1.06. The standard InChI is InChI=1S/C16H23BrN2O2/c1-16(2,3)15(21)18-9-5-8-14(20)19-11-12-6-4-7-13(17)10-12/h4,6-7,10H,5,8-9,11H2,1-3H3,(H,18,21)(H,19,20). The van der Waals surface area contributed by atoms with Gasteiger partial charge >= 0.3 is 0 Å². The van der Waals surface area contributed by atoms with Gasteiger partial charge < -0.3 is 10.6 Å². The van der Waals surface area contributed by atoms with Crippen molar-refractivity contribution in [2.24, 2.45) is 5.41 Å². The minimum Gasteiger partial charge on any atom is -0.356 e. The van der Waals surface area contributed by atoms with E-state index in [4.69, 9.17) is 0 Å². The number of amides is 2. The average molecular weight is 355 g/mol.